The Bertz CT molecular complexity index is 436. The molecule has 0 spiro atoms. The van der Waals surface area contributed by atoms with Gasteiger partial charge in [0, 0.05) is 13.2 Å². The van der Waals surface area contributed by atoms with Gasteiger partial charge < -0.3 is 5.11 Å². The van der Waals surface area contributed by atoms with E-state index in [4.69, 9.17) is 0 Å². The molecule has 0 amide bonds. The van der Waals surface area contributed by atoms with E-state index in [0.29, 0.717) is 6.42 Å². The molecular weight excluding hydrogens is 200 g/mol. The molecule has 0 fully saturated rings. The fraction of sp³-hybridized carbons (Fsp3) is 0.308. The van der Waals surface area contributed by atoms with E-state index in [1.54, 1.807) is 4.68 Å². The Morgan fingerprint density at radius 1 is 1.25 bits per heavy atom. The first-order valence-corrected chi connectivity index (χ1v) is 5.47. The van der Waals surface area contributed by atoms with Crippen LogP contribution in [0.15, 0.2) is 42.6 Å². The van der Waals surface area contributed by atoms with Crippen molar-refractivity contribution >= 4 is 0 Å². The fourth-order valence-corrected chi connectivity index (χ4v) is 1.71. The van der Waals surface area contributed by atoms with Gasteiger partial charge in [0.1, 0.15) is 0 Å². The van der Waals surface area contributed by atoms with Crippen LogP contribution in [-0.4, -0.2) is 14.9 Å². The Kier molecular flexibility index (Phi) is 3.37. The maximum Gasteiger partial charge on any atom is 0.0981 e. The largest absolute Gasteiger partial charge is 0.387 e. The van der Waals surface area contributed by atoms with Gasteiger partial charge in [0.15, 0.2) is 0 Å². The molecule has 2 rings (SSSR count). The van der Waals surface area contributed by atoms with Crippen LogP contribution in [0.4, 0.5) is 0 Å². The minimum Gasteiger partial charge on any atom is -0.387 e. The van der Waals surface area contributed by atoms with E-state index >= 15 is 0 Å². The Morgan fingerprint density at radius 2 is 2.00 bits per heavy atom. The van der Waals surface area contributed by atoms with Crippen molar-refractivity contribution in [2.45, 2.75) is 18.9 Å². The monoisotopic (exact) mass is 216 g/mol. The molecular formula is C13H16N2O. The predicted molar refractivity (Wildman–Crippen MR) is 62.9 cm³/mol. The zero-order chi connectivity index (χ0) is 11.4. The minimum atomic E-state index is -0.471. The third-order valence-corrected chi connectivity index (χ3v) is 2.62. The molecule has 0 aliphatic rings. The average molecular weight is 216 g/mol. The van der Waals surface area contributed by atoms with Gasteiger partial charge in [-0.05, 0) is 24.5 Å². The average Bonchev–Trinajstić information content (AvgIpc) is 2.74. The number of aliphatic hydroxyl groups excluding tert-OH is 1. The molecule has 16 heavy (non-hydrogen) atoms. The highest BCUT2D eigenvalue weighted by atomic mass is 16.3. The summed E-state index contributed by atoms with van der Waals surface area (Å²) in [6, 6.07) is 12.0. The van der Waals surface area contributed by atoms with Crippen molar-refractivity contribution in [3.05, 3.63) is 53.9 Å². The third-order valence-electron chi connectivity index (χ3n) is 2.62. The first-order valence-electron chi connectivity index (χ1n) is 5.47. The van der Waals surface area contributed by atoms with Gasteiger partial charge in [0.2, 0.25) is 0 Å². The van der Waals surface area contributed by atoms with Crippen molar-refractivity contribution in [2.75, 3.05) is 0 Å². The van der Waals surface area contributed by atoms with Crippen LogP contribution in [0.1, 0.15) is 23.8 Å². The molecule has 0 saturated heterocycles. The molecule has 1 unspecified atom stereocenters. The topological polar surface area (TPSA) is 38.0 Å². The van der Waals surface area contributed by atoms with Crippen molar-refractivity contribution in [3.63, 3.8) is 0 Å². The highest BCUT2D eigenvalue weighted by Crippen LogP contribution is 2.16. The molecule has 1 aromatic carbocycles. The number of aliphatic hydroxyl groups is 1. The first-order chi connectivity index (χ1) is 7.75. The summed E-state index contributed by atoms with van der Waals surface area (Å²) in [5, 5.41) is 14.1. The number of hydrogen-bond donors (Lipinski definition) is 1. The van der Waals surface area contributed by atoms with Gasteiger partial charge in [0.05, 0.1) is 11.8 Å². The van der Waals surface area contributed by atoms with Crippen LogP contribution in [0.3, 0.4) is 0 Å². The van der Waals surface area contributed by atoms with E-state index in [-0.39, 0.29) is 0 Å². The highest BCUT2D eigenvalue weighted by molar-refractivity contribution is 5.15. The number of hydrogen-bond acceptors (Lipinski definition) is 2. The highest BCUT2D eigenvalue weighted by Gasteiger charge is 2.10. The standard InChI is InChI=1S/C13H16N2O/c1-15-10-9-12(14-15)13(16)8-7-11-5-3-2-4-6-11/h2-6,9-10,13,16H,7-8H2,1H3. The minimum absolute atomic E-state index is 0.471. The van der Waals surface area contributed by atoms with Crippen LogP contribution in [0.2, 0.25) is 0 Å². The molecule has 0 aliphatic carbocycles. The van der Waals surface area contributed by atoms with Crippen molar-refractivity contribution < 1.29 is 5.11 Å². The maximum atomic E-state index is 9.92. The molecule has 3 nitrogen and oxygen atoms in total. The van der Waals surface area contributed by atoms with Crippen LogP contribution >= 0.6 is 0 Å². The molecule has 0 bridgehead atoms. The Morgan fingerprint density at radius 3 is 2.62 bits per heavy atom. The van der Waals surface area contributed by atoms with Crippen LogP contribution in [0.5, 0.6) is 0 Å². The van der Waals surface area contributed by atoms with Crippen LogP contribution < -0.4 is 0 Å². The normalized spacial score (nSPS) is 12.6. The fourth-order valence-electron chi connectivity index (χ4n) is 1.71. The van der Waals surface area contributed by atoms with Crippen LogP contribution in [0, 0.1) is 0 Å². The SMILES string of the molecule is Cn1ccc(C(O)CCc2ccccc2)n1. The summed E-state index contributed by atoms with van der Waals surface area (Å²) in [6.45, 7) is 0. The molecule has 0 saturated carbocycles. The maximum absolute atomic E-state index is 9.92. The third kappa shape index (κ3) is 2.70. The second kappa shape index (κ2) is 4.94. The number of benzene rings is 1. The van der Waals surface area contributed by atoms with E-state index in [1.807, 2.05) is 37.5 Å². The Balaban J connectivity index is 1.91. The van der Waals surface area contributed by atoms with Crippen LogP contribution in [0.25, 0.3) is 0 Å². The lowest BCUT2D eigenvalue weighted by atomic mass is 10.1. The Labute approximate surface area is 95.3 Å². The lowest BCUT2D eigenvalue weighted by molar-refractivity contribution is 0.162. The lowest BCUT2D eigenvalue weighted by Crippen LogP contribution is -2.01. The van der Waals surface area contributed by atoms with Gasteiger partial charge in [-0.15, -0.1) is 0 Å². The number of nitrogens with zero attached hydrogens (tertiary/aromatic N) is 2. The Hall–Kier alpha value is -1.61. The summed E-state index contributed by atoms with van der Waals surface area (Å²) in [5.74, 6) is 0. The summed E-state index contributed by atoms with van der Waals surface area (Å²) in [4.78, 5) is 0. The van der Waals surface area contributed by atoms with Gasteiger partial charge in [-0.2, -0.15) is 5.10 Å². The zero-order valence-electron chi connectivity index (χ0n) is 9.37. The summed E-state index contributed by atoms with van der Waals surface area (Å²) >= 11 is 0. The molecule has 1 N–H and O–H groups in total. The summed E-state index contributed by atoms with van der Waals surface area (Å²) in [7, 11) is 1.85. The molecule has 0 aliphatic heterocycles. The molecule has 84 valence electrons. The van der Waals surface area contributed by atoms with Gasteiger partial charge in [-0.1, -0.05) is 30.3 Å². The number of aryl methyl sites for hydroxylation is 2. The molecule has 1 heterocycles. The molecule has 2 aromatic rings. The number of rotatable bonds is 4. The van der Waals surface area contributed by atoms with E-state index in [9.17, 15) is 5.11 Å². The summed E-state index contributed by atoms with van der Waals surface area (Å²) in [6.07, 6.45) is 2.96. The number of aromatic nitrogens is 2. The van der Waals surface area contributed by atoms with Gasteiger partial charge >= 0.3 is 0 Å². The molecule has 1 aromatic heterocycles. The second-order valence-corrected chi connectivity index (χ2v) is 3.95. The van der Waals surface area contributed by atoms with Crippen LogP contribution in [-0.2, 0) is 13.5 Å². The molecule has 1 atom stereocenters. The van der Waals surface area contributed by atoms with Crippen molar-refractivity contribution in [2.24, 2.45) is 7.05 Å². The smallest absolute Gasteiger partial charge is 0.0981 e. The molecule has 0 radical (unpaired) electrons. The first kappa shape index (κ1) is 10.9. The van der Waals surface area contributed by atoms with Gasteiger partial charge in [-0.3, -0.25) is 4.68 Å². The predicted octanol–water partition coefficient (Wildman–Crippen LogP) is 2.09. The zero-order valence-corrected chi connectivity index (χ0v) is 9.37. The summed E-state index contributed by atoms with van der Waals surface area (Å²) < 4.78 is 1.71. The van der Waals surface area contributed by atoms with E-state index < -0.39 is 6.10 Å². The van der Waals surface area contributed by atoms with E-state index in [0.717, 1.165) is 12.1 Å². The lowest BCUT2D eigenvalue weighted by Gasteiger charge is -2.07. The van der Waals surface area contributed by atoms with E-state index in [1.165, 1.54) is 5.56 Å². The van der Waals surface area contributed by atoms with Gasteiger partial charge in [0.25, 0.3) is 0 Å². The van der Waals surface area contributed by atoms with Crippen molar-refractivity contribution in [3.8, 4) is 0 Å². The van der Waals surface area contributed by atoms with Crippen molar-refractivity contribution in [1.82, 2.24) is 9.78 Å². The van der Waals surface area contributed by atoms with E-state index in [2.05, 4.69) is 17.2 Å². The summed E-state index contributed by atoms with van der Waals surface area (Å²) in [5.41, 5.74) is 2.00. The molecule has 3 heteroatoms. The second-order valence-electron chi connectivity index (χ2n) is 3.95. The quantitative estimate of drug-likeness (QED) is 0.849. The van der Waals surface area contributed by atoms with Gasteiger partial charge in [-0.25, -0.2) is 0 Å². The van der Waals surface area contributed by atoms with Crippen molar-refractivity contribution in [1.29, 1.82) is 0 Å².